The number of ether oxygens (including phenoxy) is 2. The van der Waals surface area contributed by atoms with Crippen LogP contribution in [0.25, 0.3) is 0 Å². The number of benzene rings is 2. The predicted octanol–water partition coefficient (Wildman–Crippen LogP) is 4.33. The second kappa shape index (κ2) is 8.34. The van der Waals surface area contributed by atoms with E-state index in [1.807, 2.05) is 18.2 Å². The van der Waals surface area contributed by atoms with Crippen molar-refractivity contribution < 1.29 is 9.47 Å². The highest BCUT2D eigenvalue weighted by atomic mass is 32.1. The summed E-state index contributed by atoms with van der Waals surface area (Å²) in [5.74, 6) is 2.34. The van der Waals surface area contributed by atoms with Crippen LogP contribution in [0.5, 0.6) is 11.5 Å². The molecule has 0 saturated carbocycles. The predicted molar refractivity (Wildman–Crippen MR) is 106 cm³/mol. The molecule has 0 spiro atoms. The van der Waals surface area contributed by atoms with Crippen molar-refractivity contribution in [3.63, 3.8) is 0 Å². The SMILES string of the molecule is COc1ccc(OC)c(C(=S)N2CCC(Cc3ccccc3)CC2)c1. The first-order valence-electron chi connectivity index (χ1n) is 8.76. The van der Waals surface area contributed by atoms with Gasteiger partial charge in [-0.05, 0) is 48.9 Å². The van der Waals surface area contributed by atoms with Crippen LogP contribution in [0, 0.1) is 5.92 Å². The zero-order chi connectivity index (χ0) is 17.6. The summed E-state index contributed by atoms with van der Waals surface area (Å²) < 4.78 is 10.8. The summed E-state index contributed by atoms with van der Waals surface area (Å²) in [5.41, 5.74) is 2.37. The smallest absolute Gasteiger partial charge is 0.129 e. The summed E-state index contributed by atoms with van der Waals surface area (Å²) >= 11 is 5.76. The second-order valence-corrected chi connectivity index (χ2v) is 6.88. The Hall–Kier alpha value is -2.07. The summed E-state index contributed by atoms with van der Waals surface area (Å²) in [5, 5.41) is 0. The van der Waals surface area contributed by atoms with E-state index in [1.165, 1.54) is 18.4 Å². The van der Waals surface area contributed by atoms with Gasteiger partial charge in [-0.3, -0.25) is 0 Å². The number of thiocarbonyl (C=S) groups is 1. The maximum absolute atomic E-state index is 5.76. The Bertz CT molecular complexity index is 709. The van der Waals surface area contributed by atoms with Crippen molar-refractivity contribution in [1.29, 1.82) is 0 Å². The Balaban J connectivity index is 1.63. The van der Waals surface area contributed by atoms with Crippen molar-refractivity contribution in [2.24, 2.45) is 5.92 Å². The van der Waals surface area contributed by atoms with Gasteiger partial charge >= 0.3 is 0 Å². The van der Waals surface area contributed by atoms with Crippen molar-refractivity contribution in [2.75, 3.05) is 27.3 Å². The van der Waals surface area contributed by atoms with Gasteiger partial charge in [-0.25, -0.2) is 0 Å². The summed E-state index contributed by atoms with van der Waals surface area (Å²) in [7, 11) is 3.35. The summed E-state index contributed by atoms with van der Waals surface area (Å²) in [6, 6.07) is 16.5. The van der Waals surface area contributed by atoms with Crippen LogP contribution in [0.1, 0.15) is 24.0 Å². The molecule has 0 aliphatic carbocycles. The van der Waals surface area contributed by atoms with Crippen molar-refractivity contribution >= 4 is 17.2 Å². The van der Waals surface area contributed by atoms with E-state index in [2.05, 4.69) is 35.2 Å². The van der Waals surface area contributed by atoms with Gasteiger partial charge in [0.05, 0.1) is 19.8 Å². The fraction of sp³-hybridized carbons (Fsp3) is 0.381. The van der Waals surface area contributed by atoms with Gasteiger partial charge in [0, 0.05) is 13.1 Å². The van der Waals surface area contributed by atoms with Crippen LogP contribution in [0.2, 0.25) is 0 Å². The third-order valence-corrected chi connectivity index (χ3v) is 5.38. The van der Waals surface area contributed by atoms with E-state index in [0.717, 1.165) is 47.5 Å². The molecule has 3 rings (SSSR count). The third-order valence-electron chi connectivity index (χ3n) is 4.91. The summed E-state index contributed by atoms with van der Waals surface area (Å²) in [6.45, 7) is 1.99. The number of hydrogen-bond acceptors (Lipinski definition) is 3. The van der Waals surface area contributed by atoms with Gasteiger partial charge in [0.15, 0.2) is 0 Å². The van der Waals surface area contributed by atoms with Crippen LogP contribution in [-0.2, 0) is 6.42 Å². The lowest BCUT2D eigenvalue weighted by Crippen LogP contribution is -2.38. The highest BCUT2D eigenvalue weighted by Crippen LogP contribution is 2.28. The molecule has 0 radical (unpaired) electrons. The zero-order valence-electron chi connectivity index (χ0n) is 14.9. The molecule has 3 nitrogen and oxygen atoms in total. The molecule has 1 fully saturated rings. The molecule has 132 valence electrons. The number of methoxy groups -OCH3 is 2. The molecule has 1 heterocycles. The lowest BCUT2D eigenvalue weighted by atomic mass is 9.90. The lowest BCUT2D eigenvalue weighted by molar-refractivity contribution is 0.268. The van der Waals surface area contributed by atoms with Crippen LogP contribution in [0.15, 0.2) is 48.5 Å². The molecule has 0 atom stereocenters. The van der Waals surface area contributed by atoms with Crippen molar-refractivity contribution in [3.05, 3.63) is 59.7 Å². The Morgan fingerprint density at radius 3 is 2.40 bits per heavy atom. The highest BCUT2D eigenvalue weighted by Gasteiger charge is 2.23. The first-order valence-corrected chi connectivity index (χ1v) is 9.17. The van der Waals surface area contributed by atoms with E-state index in [1.54, 1.807) is 14.2 Å². The van der Waals surface area contributed by atoms with Gasteiger partial charge in [-0.15, -0.1) is 0 Å². The normalized spacial score (nSPS) is 15.0. The van der Waals surface area contributed by atoms with E-state index >= 15 is 0 Å². The molecule has 0 bridgehead atoms. The maximum Gasteiger partial charge on any atom is 0.129 e. The van der Waals surface area contributed by atoms with Crippen molar-refractivity contribution in [3.8, 4) is 11.5 Å². The molecular formula is C21H25NO2S. The molecule has 1 aliphatic rings. The van der Waals surface area contributed by atoms with Gasteiger partial charge in [-0.1, -0.05) is 42.5 Å². The second-order valence-electron chi connectivity index (χ2n) is 6.49. The molecule has 0 aromatic heterocycles. The van der Waals surface area contributed by atoms with Crippen molar-refractivity contribution in [1.82, 2.24) is 4.90 Å². The molecular weight excluding hydrogens is 330 g/mol. The number of nitrogens with zero attached hydrogens (tertiary/aromatic N) is 1. The fourth-order valence-electron chi connectivity index (χ4n) is 3.44. The van der Waals surface area contributed by atoms with Crippen LogP contribution in [-0.4, -0.2) is 37.2 Å². The zero-order valence-corrected chi connectivity index (χ0v) is 15.7. The Kier molecular flexibility index (Phi) is 5.92. The highest BCUT2D eigenvalue weighted by molar-refractivity contribution is 7.80. The first kappa shape index (κ1) is 17.7. The fourth-order valence-corrected chi connectivity index (χ4v) is 3.78. The van der Waals surface area contributed by atoms with Crippen LogP contribution in [0.3, 0.4) is 0 Å². The quantitative estimate of drug-likeness (QED) is 0.744. The molecule has 1 saturated heterocycles. The van der Waals surface area contributed by atoms with E-state index < -0.39 is 0 Å². The van der Waals surface area contributed by atoms with Crippen LogP contribution in [0.4, 0.5) is 0 Å². The van der Waals surface area contributed by atoms with Gasteiger partial charge in [0.2, 0.25) is 0 Å². The number of rotatable bonds is 5. The van der Waals surface area contributed by atoms with E-state index in [9.17, 15) is 0 Å². The number of hydrogen-bond donors (Lipinski definition) is 0. The van der Waals surface area contributed by atoms with Gasteiger partial charge < -0.3 is 14.4 Å². The average Bonchev–Trinajstić information content (AvgIpc) is 2.68. The minimum absolute atomic E-state index is 0.730. The molecule has 2 aromatic carbocycles. The number of piperidine rings is 1. The minimum atomic E-state index is 0.730. The summed E-state index contributed by atoms with van der Waals surface area (Å²) in [4.78, 5) is 3.16. The average molecular weight is 356 g/mol. The minimum Gasteiger partial charge on any atom is -0.497 e. The van der Waals surface area contributed by atoms with Gasteiger partial charge in [0.1, 0.15) is 16.5 Å². The topological polar surface area (TPSA) is 21.7 Å². The van der Waals surface area contributed by atoms with Crippen molar-refractivity contribution in [2.45, 2.75) is 19.3 Å². The molecule has 25 heavy (non-hydrogen) atoms. The van der Waals surface area contributed by atoms with Crippen LogP contribution < -0.4 is 9.47 Å². The van der Waals surface area contributed by atoms with E-state index in [-0.39, 0.29) is 0 Å². The lowest BCUT2D eigenvalue weighted by Gasteiger charge is -2.34. The largest absolute Gasteiger partial charge is 0.497 e. The number of likely N-dealkylation sites (tertiary alicyclic amines) is 1. The third kappa shape index (κ3) is 4.31. The molecule has 4 heteroatoms. The van der Waals surface area contributed by atoms with E-state index in [0.29, 0.717) is 0 Å². The van der Waals surface area contributed by atoms with Crippen LogP contribution >= 0.6 is 12.2 Å². The maximum atomic E-state index is 5.76. The van der Waals surface area contributed by atoms with Gasteiger partial charge in [0.25, 0.3) is 0 Å². The Morgan fingerprint density at radius 1 is 1.04 bits per heavy atom. The van der Waals surface area contributed by atoms with Gasteiger partial charge in [-0.2, -0.15) is 0 Å². The standard InChI is InChI=1S/C21H25NO2S/c1-23-18-8-9-20(24-2)19(15-18)21(25)22-12-10-17(11-13-22)14-16-6-4-3-5-7-16/h3-9,15,17H,10-14H2,1-2H3. The Morgan fingerprint density at radius 2 is 1.76 bits per heavy atom. The Labute approximate surface area is 155 Å². The molecule has 0 amide bonds. The monoisotopic (exact) mass is 355 g/mol. The first-order chi connectivity index (χ1) is 12.2. The molecule has 0 unspecified atom stereocenters. The molecule has 2 aromatic rings. The molecule has 0 N–H and O–H groups in total. The van der Waals surface area contributed by atoms with E-state index in [4.69, 9.17) is 21.7 Å². The molecule has 1 aliphatic heterocycles. The summed E-state index contributed by atoms with van der Waals surface area (Å²) in [6.07, 6.45) is 3.49.